The van der Waals surface area contributed by atoms with Crippen molar-refractivity contribution in [1.82, 2.24) is 10.6 Å². The largest absolute Gasteiger partial charge is 0.354 e. The topological polar surface area (TPSA) is 84.2 Å². The van der Waals surface area contributed by atoms with Crippen LogP contribution in [0.2, 0.25) is 0 Å². The van der Waals surface area contributed by atoms with Crippen molar-refractivity contribution in [1.29, 1.82) is 0 Å². The molecule has 0 aliphatic heterocycles. The van der Waals surface area contributed by atoms with Crippen LogP contribution in [0.3, 0.4) is 0 Å². The number of carbonyl (C=O) groups excluding carboxylic acids is 2. The summed E-state index contributed by atoms with van der Waals surface area (Å²) in [5, 5.41) is 4.94. The maximum Gasteiger partial charge on any atom is 0.239 e. The summed E-state index contributed by atoms with van der Waals surface area (Å²) in [6.07, 6.45) is 0.161. The number of hydrogen-bond acceptors (Lipinski definition) is 3. The highest BCUT2D eigenvalue weighted by Crippen LogP contribution is 2.11. The van der Waals surface area contributed by atoms with Crippen LogP contribution in [0.4, 0.5) is 8.78 Å². The highest BCUT2D eigenvalue weighted by Gasteiger charge is 2.17. The molecule has 0 heterocycles. The Kier molecular flexibility index (Phi) is 9.36. The zero-order chi connectivity index (χ0) is 16.7. The SMILES string of the molecule is CC(C)[C@H](N)C(=O)NCC(=O)NCCc1cccc(F)c1F.Cl. The van der Waals surface area contributed by atoms with E-state index in [1.165, 1.54) is 12.1 Å². The van der Waals surface area contributed by atoms with Gasteiger partial charge in [0.15, 0.2) is 11.6 Å². The van der Waals surface area contributed by atoms with Crippen LogP contribution in [0.1, 0.15) is 19.4 Å². The highest BCUT2D eigenvalue weighted by molar-refractivity contribution is 5.87. The van der Waals surface area contributed by atoms with Crippen molar-refractivity contribution in [2.45, 2.75) is 26.3 Å². The van der Waals surface area contributed by atoms with Gasteiger partial charge < -0.3 is 16.4 Å². The van der Waals surface area contributed by atoms with Gasteiger partial charge in [-0.2, -0.15) is 0 Å². The lowest BCUT2D eigenvalue weighted by molar-refractivity contribution is -0.127. The maximum absolute atomic E-state index is 13.4. The van der Waals surface area contributed by atoms with Crippen LogP contribution in [0, 0.1) is 17.6 Å². The van der Waals surface area contributed by atoms with Crippen LogP contribution >= 0.6 is 12.4 Å². The molecular formula is C15H22ClF2N3O2. The lowest BCUT2D eigenvalue weighted by Gasteiger charge is -2.15. The fourth-order valence-corrected chi connectivity index (χ4v) is 1.73. The molecule has 2 amide bonds. The van der Waals surface area contributed by atoms with Crippen molar-refractivity contribution < 1.29 is 18.4 Å². The number of hydrogen-bond donors (Lipinski definition) is 3. The summed E-state index contributed by atoms with van der Waals surface area (Å²) in [5.41, 5.74) is 5.82. The van der Waals surface area contributed by atoms with E-state index in [-0.39, 0.29) is 43.4 Å². The van der Waals surface area contributed by atoms with Crippen molar-refractivity contribution in [3.8, 4) is 0 Å². The second-order valence-corrected chi connectivity index (χ2v) is 5.30. The third kappa shape index (κ3) is 6.92. The van der Waals surface area contributed by atoms with E-state index >= 15 is 0 Å². The Bertz CT molecular complexity index is 541. The summed E-state index contributed by atoms with van der Waals surface area (Å²) in [6.45, 7) is 3.55. The summed E-state index contributed by atoms with van der Waals surface area (Å²) < 4.78 is 26.4. The minimum absolute atomic E-state index is 0. The fraction of sp³-hybridized carbons (Fsp3) is 0.467. The Morgan fingerprint density at radius 3 is 2.48 bits per heavy atom. The van der Waals surface area contributed by atoms with Gasteiger partial charge in [-0.1, -0.05) is 26.0 Å². The minimum Gasteiger partial charge on any atom is -0.354 e. The van der Waals surface area contributed by atoms with Gasteiger partial charge in [0.2, 0.25) is 11.8 Å². The first kappa shape index (κ1) is 21.3. The lowest BCUT2D eigenvalue weighted by atomic mass is 10.1. The molecule has 1 rings (SSSR count). The first-order chi connectivity index (χ1) is 10.3. The van der Waals surface area contributed by atoms with Gasteiger partial charge in [-0.3, -0.25) is 9.59 Å². The Balaban J connectivity index is 0.00000484. The van der Waals surface area contributed by atoms with E-state index in [1.807, 2.05) is 0 Å². The monoisotopic (exact) mass is 349 g/mol. The average Bonchev–Trinajstić information content (AvgIpc) is 2.48. The van der Waals surface area contributed by atoms with Gasteiger partial charge in [-0.15, -0.1) is 12.4 Å². The van der Waals surface area contributed by atoms with Gasteiger partial charge in [-0.25, -0.2) is 8.78 Å². The molecule has 4 N–H and O–H groups in total. The predicted octanol–water partition coefficient (Wildman–Crippen LogP) is 1.14. The van der Waals surface area contributed by atoms with Crippen LogP contribution in [0.5, 0.6) is 0 Å². The molecule has 1 aromatic rings. The predicted molar refractivity (Wildman–Crippen MR) is 86.1 cm³/mol. The van der Waals surface area contributed by atoms with Crippen molar-refractivity contribution in [2.75, 3.05) is 13.1 Å². The molecule has 0 aliphatic carbocycles. The number of nitrogens with one attached hydrogen (secondary N) is 2. The second-order valence-electron chi connectivity index (χ2n) is 5.30. The number of amides is 2. The first-order valence-corrected chi connectivity index (χ1v) is 7.05. The molecule has 0 bridgehead atoms. The van der Waals surface area contributed by atoms with Gasteiger partial charge >= 0.3 is 0 Å². The summed E-state index contributed by atoms with van der Waals surface area (Å²) >= 11 is 0. The molecule has 0 fully saturated rings. The second kappa shape index (κ2) is 10.1. The minimum atomic E-state index is -0.918. The molecule has 0 spiro atoms. The van der Waals surface area contributed by atoms with Crippen LogP contribution in [-0.2, 0) is 16.0 Å². The molecule has 1 aromatic carbocycles. The molecular weight excluding hydrogens is 328 g/mol. The van der Waals surface area contributed by atoms with Crippen molar-refractivity contribution in [2.24, 2.45) is 11.7 Å². The zero-order valence-corrected chi connectivity index (χ0v) is 13.9. The van der Waals surface area contributed by atoms with Crippen LogP contribution in [0.25, 0.3) is 0 Å². The van der Waals surface area contributed by atoms with Gasteiger partial charge in [0, 0.05) is 6.54 Å². The summed E-state index contributed by atoms with van der Waals surface area (Å²) in [5.74, 6) is -2.67. The number of halogens is 3. The standard InChI is InChI=1S/C15H21F2N3O2.ClH/c1-9(2)14(18)15(22)20-8-12(21)19-7-6-10-4-3-5-11(16)13(10)17;/h3-5,9,14H,6-8,18H2,1-2H3,(H,19,21)(H,20,22);1H/t14-;/m0./s1. The molecule has 0 radical (unpaired) electrons. The van der Waals surface area contributed by atoms with Gasteiger partial charge in [0.1, 0.15) is 0 Å². The van der Waals surface area contributed by atoms with E-state index in [4.69, 9.17) is 5.73 Å². The molecule has 0 aromatic heterocycles. The molecule has 0 aliphatic rings. The quantitative estimate of drug-likeness (QED) is 0.690. The van der Waals surface area contributed by atoms with Crippen LogP contribution < -0.4 is 16.4 Å². The normalized spacial score (nSPS) is 11.6. The van der Waals surface area contributed by atoms with E-state index in [1.54, 1.807) is 13.8 Å². The first-order valence-electron chi connectivity index (χ1n) is 7.05. The Morgan fingerprint density at radius 2 is 1.87 bits per heavy atom. The van der Waals surface area contributed by atoms with Gasteiger partial charge in [0.05, 0.1) is 12.6 Å². The number of benzene rings is 1. The Hall–Kier alpha value is -1.73. The summed E-state index contributed by atoms with van der Waals surface area (Å²) in [4.78, 5) is 23.1. The Morgan fingerprint density at radius 1 is 1.22 bits per heavy atom. The van der Waals surface area contributed by atoms with Gasteiger partial charge in [0.25, 0.3) is 0 Å². The summed E-state index contributed by atoms with van der Waals surface area (Å²) in [7, 11) is 0. The number of carbonyl (C=O) groups is 2. The molecule has 23 heavy (non-hydrogen) atoms. The number of rotatable bonds is 7. The van der Waals surface area contributed by atoms with E-state index in [9.17, 15) is 18.4 Å². The third-order valence-electron chi connectivity index (χ3n) is 3.19. The Labute approximate surface area is 140 Å². The highest BCUT2D eigenvalue weighted by atomic mass is 35.5. The molecule has 8 heteroatoms. The van der Waals surface area contributed by atoms with E-state index in [0.717, 1.165) is 6.07 Å². The number of nitrogens with two attached hydrogens (primary N) is 1. The third-order valence-corrected chi connectivity index (χ3v) is 3.19. The molecule has 5 nitrogen and oxygen atoms in total. The average molecular weight is 350 g/mol. The molecule has 0 saturated carbocycles. The van der Waals surface area contributed by atoms with Crippen LogP contribution in [0.15, 0.2) is 18.2 Å². The molecule has 0 saturated heterocycles. The van der Waals surface area contributed by atoms with E-state index in [2.05, 4.69) is 10.6 Å². The van der Waals surface area contributed by atoms with E-state index in [0.29, 0.717) is 0 Å². The molecule has 130 valence electrons. The molecule has 1 atom stereocenters. The van der Waals surface area contributed by atoms with Crippen molar-refractivity contribution in [3.63, 3.8) is 0 Å². The fourth-order valence-electron chi connectivity index (χ4n) is 1.73. The lowest BCUT2D eigenvalue weighted by Crippen LogP contribution is -2.47. The zero-order valence-electron chi connectivity index (χ0n) is 13.1. The van der Waals surface area contributed by atoms with Gasteiger partial charge in [-0.05, 0) is 24.0 Å². The maximum atomic E-state index is 13.4. The van der Waals surface area contributed by atoms with Crippen molar-refractivity contribution >= 4 is 24.2 Å². The van der Waals surface area contributed by atoms with Crippen LogP contribution in [-0.4, -0.2) is 30.9 Å². The smallest absolute Gasteiger partial charge is 0.239 e. The molecule has 0 unspecified atom stereocenters. The van der Waals surface area contributed by atoms with Crippen molar-refractivity contribution in [3.05, 3.63) is 35.4 Å². The van der Waals surface area contributed by atoms with E-state index < -0.39 is 29.5 Å². The summed E-state index contributed by atoms with van der Waals surface area (Å²) in [6, 6.07) is 3.22.